The van der Waals surface area contributed by atoms with E-state index in [-0.39, 0.29) is 6.04 Å². The Morgan fingerprint density at radius 3 is 3.00 bits per heavy atom. The number of benzene rings is 1. The molecule has 0 radical (unpaired) electrons. The molecule has 0 saturated carbocycles. The topological polar surface area (TPSA) is 39.2 Å². The largest absolute Gasteiger partial charge is 0.464 e. The van der Waals surface area contributed by atoms with Crippen molar-refractivity contribution >= 4 is 11.0 Å². The maximum atomic E-state index is 6.12. The van der Waals surface area contributed by atoms with Crippen molar-refractivity contribution in [1.29, 1.82) is 0 Å². The molecule has 0 spiro atoms. The van der Waals surface area contributed by atoms with Crippen molar-refractivity contribution < 1.29 is 4.42 Å². The predicted molar refractivity (Wildman–Crippen MR) is 65.8 cm³/mol. The van der Waals surface area contributed by atoms with Crippen molar-refractivity contribution in [2.24, 2.45) is 5.73 Å². The van der Waals surface area contributed by atoms with E-state index in [9.17, 15) is 0 Å². The summed E-state index contributed by atoms with van der Waals surface area (Å²) >= 11 is 0. The highest BCUT2D eigenvalue weighted by Crippen LogP contribution is 2.27. The average molecular weight is 213 g/mol. The minimum Gasteiger partial charge on any atom is -0.464 e. The number of furan rings is 1. The van der Waals surface area contributed by atoms with Crippen LogP contribution >= 0.6 is 0 Å². The number of hydrogen-bond donors (Lipinski definition) is 1. The van der Waals surface area contributed by atoms with Gasteiger partial charge in [0.25, 0.3) is 0 Å². The first-order chi connectivity index (χ1) is 7.83. The lowest BCUT2D eigenvalue weighted by atomic mass is 10.0. The molecule has 16 heavy (non-hydrogen) atoms. The van der Waals surface area contributed by atoms with Crippen LogP contribution in [0.25, 0.3) is 11.0 Å². The second-order valence-electron chi connectivity index (χ2n) is 3.76. The maximum absolute atomic E-state index is 6.12. The standard InChI is InChI=1S/C14H15NO/c1-2-3-4-8-13(15)12-10-16-14-9-6-5-7-11(12)14/h5-7,9-10,13H,4,8,15H2,1H3. The Labute approximate surface area is 95.4 Å². The summed E-state index contributed by atoms with van der Waals surface area (Å²) in [4.78, 5) is 0. The smallest absolute Gasteiger partial charge is 0.134 e. The minimum absolute atomic E-state index is 0.00417. The summed E-state index contributed by atoms with van der Waals surface area (Å²) in [6.45, 7) is 1.85. The van der Waals surface area contributed by atoms with Gasteiger partial charge < -0.3 is 10.2 Å². The predicted octanol–water partition coefficient (Wildman–Crippen LogP) is 3.24. The molecule has 82 valence electrons. The first-order valence-corrected chi connectivity index (χ1v) is 5.44. The van der Waals surface area contributed by atoms with E-state index in [0.717, 1.165) is 29.4 Å². The van der Waals surface area contributed by atoms with Crippen LogP contribution in [0.2, 0.25) is 0 Å². The Morgan fingerprint density at radius 2 is 2.19 bits per heavy atom. The minimum atomic E-state index is 0.00417. The third-order valence-corrected chi connectivity index (χ3v) is 2.67. The maximum Gasteiger partial charge on any atom is 0.134 e. The van der Waals surface area contributed by atoms with Gasteiger partial charge in [0.05, 0.1) is 6.26 Å². The molecule has 0 amide bonds. The fourth-order valence-corrected chi connectivity index (χ4v) is 1.79. The first-order valence-electron chi connectivity index (χ1n) is 5.44. The summed E-state index contributed by atoms with van der Waals surface area (Å²) in [5.74, 6) is 5.91. The quantitative estimate of drug-likeness (QED) is 0.795. The highest BCUT2D eigenvalue weighted by Gasteiger charge is 2.11. The molecule has 1 unspecified atom stereocenters. The summed E-state index contributed by atoms with van der Waals surface area (Å²) in [5, 5.41) is 1.11. The molecule has 2 heteroatoms. The van der Waals surface area contributed by atoms with E-state index in [0.29, 0.717) is 0 Å². The third-order valence-electron chi connectivity index (χ3n) is 2.67. The van der Waals surface area contributed by atoms with E-state index >= 15 is 0 Å². The Morgan fingerprint density at radius 1 is 1.38 bits per heavy atom. The van der Waals surface area contributed by atoms with Gasteiger partial charge in [0.1, 0.15) is 5.58 Å². The molecule has 2 N–H and O–H groups in total. The molecule has 0 bridgehead atoms. The van der Waals surface area contributed by atoms with Crippen LogP contribution in [-0.2, 0) is 0 Å². The summed E-state index contributed by atoms with van der Waals surface area (Å²) < 4.78 is 5.46. The molecular weight excluding hydrogens is 198 g/mol. The molecule has 0 fully saturated rings. The van der Waals surface area contributed by atoms with Gasteiger partial charge in [-0.1, -0.05) is 18.2 Å². The zero-order chi connectivity index (χ0) is 11.4. The van der Waals surface area contributed by atoms with E-state index in [1.165, 1.54) is 0 Å². The number of nitrogens with two attached hydrogens (primary N) is 1. The Hall–Kier alpha value is -1.72. The van der Waals surface area contributed by atoms with Gasteiger partial charge in [0.15, 0.2) is 0 Å². The third kappa shape index (κ3) is 2.10. The summed E-state index contributed by atoms with van der Waals surface area (Å²) in [5.41, 5.74) is 8.09. The molecule has 0 aliphatic heterocycles. The zero-order valence-corrected chi connectivity index (χ0v) is 9.36. The number of hydrogen-bond acceptors (Lipinski definition) is 2. The van der Waals surface area contributed by atoms with E-state index < -0.39 is 0 Å². The molecular formula is C14H15NO. The van der Waals surface area contributed by atoms with Crippen LogP contribution in [0.4, 0.5) is 0 Å². The van der Waals surface area contributed by atoms with E-state index in [1.807, 2.05) is 31.2 Å². The van der Waals surface area contributed by atoms with Crippen LogP contribution in [0.1, 0.15) is 31.4 Å². The van der Waals surface area contributed by atoms with Gasteiger partial charge in [0.2, 0.25) is 0 Å². The van der Waals surface area contributed by atoms with Gasteiger partial charge in [-0.15, -0.1) is 11.8 Å². The van der Waals surface area contributed by atoms with Crippen molar-refractivity contribution in [3.63, 3.8) is 0 Å². The lowest BCUT2D eigenvalue weighted by molar-refractivity contribution is 0.592. The van der Waals surface area contributed by atoms with Crippen molar-refractivity contribution in [3.8, 4) is 11.8 Å². The Bertz CT molecular complexity index is 530. The number of para-hydroxylation sites is 1. The van der Waals surface area contributed by atoms with Crippen LogP contribution in [0.3, 0.4) is 0 Å². The summed E-state index contributed by atoms with van der Waals surface area (Å²) in [7, 11) is 0. The van der Waals surface area contributed by atoms with Crippen LogP contribution in [-0.4, -0.2) is 0 Å². The average Bonchev–Trinajstić information content (AvgIpc) is 2.73. The van der Waals surface area contributed by atoms with Crippen molar-refractivity contribution in [2.75, 3.05) is 0 Å². The van der Waals surface area contributed by atoms with E-state index in [1.54, 1.807) is 6.26 Å². The van der Waals surface area contributed by atoms with Gasteiger partial charge >= 0.3 is 0 Å². The van der Waals surface area contributed by atoms with Gasteiger partial charge in [-0.2, -0.15) is 0 Å². The highest BCUT2D eigenvalue weighted by molar-refractivity contribution is 5.81. The number of fused-ring (bicyclic) bond motifs is 1. The lowest BCUT2D eigenvalue weighted by Crippen LogP contribution is -2.08. The van der Waals surface area contributed by atoms with E-state index in [4.69, 9.17) is 10.2 Å². The molecule has 2 aromatic rings. The summed E-state index contributed by atoms with van der Waals surface area (Å²) in [6, 6.07) is 7.96. The highest BCUT2D eigenvalue weighted by atomic mass is 16.3. The van der Waals surface area contributed by atoms with Crippen LogP contribution in [0.5, 0.6) is 0 Å². The molecule has 2 rings (SSSR count). The fraction of sp³-hybridized carbons (Fsp3) is 0.286. The first kappa shape index (κ1) is 10.8. The molecule has 1 aromatic heterocycles. The van der Waals surface area contributed by atoms with Crippen molar-refractivity contribution in [3.05, 3.63) is 36.1 Å². The van der Waals surface area contributed by atoms with Crippen LogP contribution in [0, 0.1) is 11.8 Å². The monoisotopic (exact) mass is 213 g/mol. The molecule has 0 aliphatic rings. The van der Waals surface area contributed by atoms with Crippen molar-refractivity contribution in [2.45, 2.75) is 25.8 Å². The SMILES string of the molecule is CC#CCCC(N)c1coc2ccccc12. The molecule has 1 aromatic carbocycles. The molecule has 0 aliphatic carbocycles. The Balaban J connectivity index is 2.21. The Kier molecular flexibility index (Phi) is 3.28. The van der Waals surface area contributed by atoms with Crippen molar-refractivity contribution in [1.82, 2.24) is 0 Å². The summed E-state index contributed by atoms with van der Waals surface area (Å²) in [6.07, 6.45) is 3.45. The van der Waals surface area contributed by atoms with Gasteiger partial charge in [-0.3, -0.25) is 0 Å². The van der Waals surface area contributed by atoms with E-state index in [2.05, 4.69) is 11.8 Å². The van der Waals surface area contributed by atoms with Gasteiger partial charge in [-0.25, -0.2) is 0 Å². The second kappa shape index (κ2) is 4.87. The lowest BCUT2D eigenvalue weighted by Gasteiger charge is -2.07. The molecule has 1 atom stereocenters. The second-order valence-corrected chi connectivity index (χ2v) is 3.76. The fourth-order valence-electron chi connectivity index (χ4n) is 1.79. The van der Waals surface area contributed by atoms with Gasteiger partial charge in [-0.05, 0) is 19.4 Å². The van der Waals surface area contributed by atoms with Crippen LogP contribution < -0.4 is 5.73 Å². The molecule has 0 saturated heterocycles. The normalized spacial score (nSPS) is 12.1. The zero-order valence-electron chi connectivity index (χ0n) is 9.36. The van der Waals surface area contributed by atoms with Crippen LogP contribution in [0.15, 0.2) is 34.9 Å². The molecule has 2 nitrogen and oxygen atoms in total. The molecule has 1 heterocycles. The van der Waals surface area contributed by atoms with Gasteiger partial charge in [0, 0.05) is 23.4 Å². The number of rotatable bonds is 3.